The molecule has 3 rings (SSSR count). The molecule has 3 aromatic rings. The molecule has 0 fully saturated rings. The van der Waals surface area contributed by atoms with Gasteiger partial charge < -0.3 is 19.6 Å². The van der Waals surface area contributed by atoms with Gasteiger partial charge in [-0.2, -0.15) is 0 Å². The second-order valence-electron chi connectivity index (χ2n) is 6.95. The van der Waals surface area contributed by atoms with E-state index in [1.165, 1.54) is 11.1 Å². The molecular weight excluding hydrogens is 354 g/mol. The van der Waals surface area contributed by atoms with Gasteiger partial charge in [0, 0.05) is 6.04 Å². The molecule has 1 atom stereocenters. The Morgan fingerprint density at radius 3 is 2.50 bits per heavy atom. The van der Waals surface area contributed by atoms with Crippen molar-refractivity contribution in [3.8, 4) is 17.1 Å². The predicted molar refractivity (Wildman–Crippen MR) is 109 cm³/mol. The Morgan fingerprint density at radius 2 is 1.86 bits per heavy atom. The Hall–Kier alpha value is -3.05. The second kappa shape index (κ2) is 8.31. The number of furan rings is 1. The van der Waals surface area contributed by atoms with Crippen LogP contribution in [0.15, 0.2) is 52.9 Å². The van der Waals surface area contributed by atoms with Crippen LogP contribution in [0.3, 0.4) is 0 Å². The van der Waals surface area contributed by atoms with E-state index in [0.717, 1.165) is 5.76 Å². The highest BCUT2D eigenvalue weighted by atomic mass is 16.5. The first-order valence-corrected chi connectivity index (χ1v) is 9.20. The van der Waals surface area contributed by atoms with Crippen molar-refractivity contribution in [1.82, 2.24) is 5.32 Å². The standard InChI is InChI=1S/C23H25NO4/c1-14-5-7-17(8-6-14)16(3)24-13-18-9-10-21(28-18)20-12-19(23(25)26)15(2)11-22(20)27-4/h5-12,16,24H,13H2,1-4H3,(H,25,26). The van der Waals surface area contributed by atoms with Crippen LogP contribution < -0.4 is 10.1 Å². The molecular formula is C23H25NO4. The number of aromatic carboxylic acids is 1. The van der Waals surface area contributed by atoms with Gasteiger partial charge in [0.2, 0.25) is 0 Å². The van der Waals surface area contributed by atoms with Crippen LogP contribution in [0.4, 0.5) is 0 Å². The lowest BCUT2D eigenvalue weighted by molar-refractivity contribution is 0.0696. The largest absolute Gasteiger partial charge is 0.496 e. The second-order valence-corrected chi connectivity index (χ2v) is 6.95. The van der Waals surface area contributed by atoms with E-state index < -0.39 is 5.97 Å². The zero-order valence-electron chi connectivity index (χ0n) is 16.6. The highest BCUT2D eigenvalue weighted by molar-refractivity contribution is 5.92. The molecule has 0 bridgehead atoms. The first-order valence-electron chi connectivity index (χ1n) is 9.20. The topological polar surface area (TPSA) is 71.7 Å². The normalized spacial score (nSPS) is 12.0. The quantitative estimate of drug-likeness (QED) is 0.596. The van der Waals surface area contributed by atoms with Crippen LogP contribution in [-0.4, -0.2) is 18.2 Å². The van der Waals surface area contributed by atoms with E-state index in [-0.39, 0.29) is 11.6 Å². The molecule has 1 heterocycles. The molecule has 146 valence electrons. The summed E-state index contributed by atoms with van der Waals surface area (Å²) in [5, 5.41) is 12.8. The molecule has 5 heteroatoms. The van der Waals surface area contributed by atoms with Gasteiger partial charge in [-0.3, -0.25) is 0 Å². The lowest BCUT2D eigenvalue weighted by atomic mass is 10.0. The van der Waals surface area contributed by atoms with Crippen LogP contribution in [0, 0.1) is 13.8 Å². The van der Waals surface area contributed by atoms with Crippen LogP contribution in [0.25, 0.3) is 11.3 Å². The van der Waals surface area contributed by atoms with Gasteiger partial charge in [0.15, 0.2) is 0 Å². The molecule has 0 saturated carbocycles. The van der Waals surface area contributed by atoms with Crippen molar-refractivity contribution in [2.24, 2.45) is 0 Å². The van der Waals surface area contributed by atoms with Crippen LogP contribution in [-0.2, 0) is 6.54 Å². The number of carbonyl (C=O) groups is 1. The summed E-state index contributed by atoms with van der Waals surface area (Å²) in [6.07, 6.45) is 0. The number of aryl methyl sites for hydroxylation is 2. The monoisotopic (exact) mass is 379 g/mol. The van der Waals surface area contributed by atoms with Crippen LogP contribution in [0.5, 0.6) is 5.75 Å². The smallest absolute Gasteiger partial charge is 0.335 e. The van der Waals surface area contributed by atoms with Gasteiger partial charge in [0.05, 0.1) is 24.8 Å². The lowest BCUT2D eigenvalue weighted by Crippen LogP contribution is -2.17. The van der Waals surface area contributed by atoms with Crippen molar-refractivity contribution in [2.45, 2.75) is 33.4 Å². The maximum absolute atomic E-state index is 11.5. The van der Waals surface area contributed by atoms with E-state index >= 15 is 0 Å². The molecule has 0 aliphatic rings. The number of hydrogen-bond donors (Lipinski definition) is 2. The number of rotatable bonds is 7. The minimum absolute atomic E-state index is 0.182. The fourth-order valence-corrected chi connectivity index (χ4v) is 3.12. The van der Waals surface area contributed by atoms with Crippen LogP contribution >= 0.6 is 0 Å². The molecule has 0 amide bonds. The third-order valence-electron chi connectivity index (χ3n) is 4.86. The third kappa shape index (κ3) is 4.26. The number of ether oxygens (including phenoxy) is 1. The zero-order chi connectivity index (χ0) is 20.3. The minimum Gasteiger partial charge on any atom is -0.496 e. The summed E-state index contributed by atoms with van der Waals surface area (Å²) in [6.45, 7) is 6.49. The Labute approximate surface area is 165 Å². The van der Waals surface area contributed by atoms with Crippen molar-refractivity contribution < 1.29 is 19.1 Å². The van der Waals surface area contributed by atoms with Crippen molar-refractivity contribution in [2.75, 3.05) is 7.11 Å². The van der Waals surface area contributed by atoms with Crippen LogP contribution in [0.1, 0.15) is 45.8 Å². The molecule has 0 radical (unpaired) electrons. The average Bonchev–Trinajstić information content (AvgIpc) is 3.14. The first kappa shape index (κ1) is 19.7. The van der Waals surface area contributed by atoms with E-state index in [4.69, 9.17) is 9.15 Å². The van der Waals surface area contributed by atoms with Crippen molar-refractivity contribution in [3.05, 3.63) is 76.5 Å². The van der Waals surface area contributed by atoms with E-state index in [0.29, 0.717) is 29.2 Å². The molecule has 1 aromatic heterocycles. The number of carboxylic acid groups (broad SMARTS) is 1. The first-order chi connectivity index (χ1) is 13.4. The minimum atomic E-state index is -0.971. The van der Waals surface area contributed by atoms with Gasteiger partial charge in [0.1, 0.15) is 17.3 Å². The summed E-state index contributed by atoms with van der Waals surface area (Å²) in [7, 11) is 1.56. The summed E-state index contributed by atoms with van der Waals surface area (Å²) in [6, 6.07) is 15.7. The van der Waals surface area contributed by atoms with Gasteiger partial charge in [-0.1, -0.05) is 29.8 Å². The highest BCUT2D eigenvalue weighted by Crippen LogP contribution is 2.34. The molecule has 0 aliphatic carbocycles. The Kier molecular flexibility index (Phi) is 5.85. The van der Waals surface area contributed by atoms with Crippen molar-refractivity contribution in [1.29, 1.82) is 0 Å². The summed E-state index contributed by atoms with van der Waals surface area (Å²) >= 11 is 0. The number of benzene rings is 2. The molecule has 2 aromatic carbocycles. The summed E-state index contributed by atoms with van der Waals surface area (Å²) in [5.74, 6) is 0.971. The maximum Gasteiger partial charge on any atom is 0.335 e. The molecule has 2 N–H and O–H groups in total. The molecule has 5 nitrogen and oxygen atoms in total. The molecule has 28 heavy (non-hydrogen) atoms. The Balaban J connectivity index is 1.77. The van der Waals surface area contributed by atoms with Gasteiger partial charge in [-0.05, 0) is 56.2 Å². The van der Waals surface area contributed by atoms with E-state index in [1.807, 2.05) is 12.1 Å². The van der Waals surface area contributed by atoms with Crippen LogP contribution in [0.2, 0.25) is 0 Å². The predicted octanol–water partition coefficient (Wildman–Crippen LogP) is 5.12. The molecule has 0 spiro atoms. The third-order valence-corrected chi connectivity index (χ3v) is 4.86. The number of hydrogen-bond acceptors (Lipinski definition) is 4. The van der Waals surface area contributed by atoms with Crippen molar-refractivity contribution >= 4 is 5.97 Å². The number of carboxylic acids is 1. The maximum atomic E-state index is 11.5. The van der Waals surface area contributed by atoms with Gasteiger partial charge >= 0.3 is 5.97 Å². The van der Waals surface area contributed by atoms with Gasteiger partial charge in [-0.15, -0.1) is 0 Å². The molecule has 0 aliphatic heterocycles. The molecule has 1 unspecified atom stereocenters. The fourth-order valence-electron chi connectivity index (χ4n) is 3.12. The highest BCUT2D eigenvalue weighted by Gasteiger charge is 2.17. The lowest BCUT2D eigenvalue weighted by Gasteiger charge is -2.13. The van der Waals surface area contributed by atoms with Crippen molar-refractivity contribution in [3.63, 3.8) is 0 Å². The summed E-state index contributed by atoms with van der Waals surface area (Å²) < 4.78 is 11.4. The molecule has 0 saturated heterocycles. The number of methoxy groups -OCH3 is 1. The Morgan fingerprint density at radius 1 is 1.14 bits per heavy atom. The summed E-state index contributed by atoms with van der Waals surface area (Å²) in [5.41, 5.74) is 3.96. The Bertz CT molecular complexity index is 973. The fraction of sp³-hybridized carbons (Fsp3) is 0.261. The van der Waals surface area contributed by atoms with E-state index in [9.17, 15) is 9.90 Å². The van der Waals surface area contributed by atoms with E-state index in [2.05, 4.69) is 43.4 Å². The average molecular weight is 379 g/mol. The zero-order valence-corrected chi connectivity index (χ0v) is 16.6. The van der Waals surface area contributed by atoms with E-state index in [1.54, 1.807) is 26.2 Å². The van der Waals surface area contributed by atoms with Gasteiger partial charge in [0.25, 0.3) is 0 Å². The SMILES string of the molecule is COc1cc(C)c(C(=O)O)cc1-c1ccc(CNC(C)c2ccc(C)cc2)o1. The summed E-state index contributed by atoms with van der Waals surface area (Å²) in [4.78, 5) is 11.5. The van der Waals surface area contributed by atoms with Gasteiger partial charge in [-0.25, -0.2) is 4.79 Å². The number of nitrogens with one attached hydrogen (secondary N) is 1.